The number of halogens is 1. The number of amides is 3. The lowest BCUT2D eigenvalue weighted by Gasteiger charge is -2.11. The maximum atomic E-state index is 13.1. The number of rotatable bonds is 5. The van der Waals surface area contributed by atoms with Gasteiger partial charge in [-0.3, -0.25) is 9.69 Å². The number of imide groups is 1. The summed E-state index contributed by atoms with van der Waals surface area (Å²) in [6, 6.07) is 17.4. The first kappa shape index (κ1) is 19.6. The van der Waals surface area contributed by atoms with Gasteiger partial charge in [0.25, 0.3) is 5.91 Å². The molecule has 0 aliphatic carbocycles. The van der Waals surface area contributed by atoms with E-state index < -0.39 is 11.9 Å². The standard InChI is InChI=1S/C24H22FN3O2/c1-16-12-20(17(2)27(16)14-18-6-4-3-5-7-18)13-22-23(29)28(24(30)26-22)15-19-8-10-21(25)11-9-19/h3-13H,14-15H2,1-2H3,(H,26,30). The fraction of sp³-hybridized carbons (Fsp3) is 0.167. The largest absolute Gasteiger partial charge is 0.344 e. The first-order valence-electron chi connectivity index (χ1n) is 9.72. The third kappa shape index (κ3) is 3.89. The smallest absolute Gasteiger partial charge is 0.329 e. The van der Waals surface area contributed by atoms with Crippen molar-refractivity contribution in [3.63, 3.8) is 0 Å². The van der Waals surface area contributed by atoms with Crippen molar-refractivity contribution in [3.8, 4) is 0 Å². The molecular weight excluding hydrogens is 381 g/mol. The molecule has 6 heteroatoms. The number of carbonyl (C=O) groups is 2. The van der Waals surface area contributed by atoms with Crippen molar-refractivity contribution in [1.29, 1.82) is 0 Å². The van der Waals surface area contributed by atoms with E-state index in [4.69, 9.17) is 0 Å². The third-order valence-corrected chi connectivity index (χ3v) is 5.31. The van der Waals surface area contributed by atoms with Crippen LogP contribution >= 0.6 is 0 Å². The third-order valence-electron chi connectivity index (χ3n) is 5.31. The predicted molar refractivity (Wildman–Crippen MR) is 113 cm³/mol. The van der Waals surface area contributed by atoms with Gasteiger partial charge in [-0.15, -0.1) is 0 Å². The SMILES string of the molecule is Cc1cc(C=C2NC(=O)N(Cc3ccc(F)cc3)C2=O)c(C)n1Cc1ccccc1. The Morgan fingerprint density at radius 2 is 1.60 bits per heavy atom. The Balaban J connectivity index is 1.56. The lowest BCUT2D eigenvalue weighted by Crippen LogP contribution is -2.30. The van der Waals surface area contributed by atoms with E-state index in [1.807, 2.05) is 38.1 Å². The second-order valence-corrected chi connectivity index (χ2v) is 7.40. The zero-order chi connectivity index (χ0) is 21.3. The Kier molecular flexibility index (Phi) is 5.23. The minimum absolute atomic E-state index is 0.0926. The highest BCUT2D eigenvalue weighted by molar-refractivity contribution is 6.13. The summed E-state index contributed by atoms with van der Waals surface area (Å²) in [5.74, 6) is -0.750. The summed E-state index contributed by atoms with van der Waals surface area (Å²) >= 11 is 0. The molecule has 1 saturated heterocycles. The molecule has 0 bridgehead atoms. The number of benzene rings is 2. The molecule has 5 nitrogen and oxygen atoms in total. The predicted octanol–water partition coefficient (Wildman–Crippen LogP) is 4.39. The summed E-state index contributed by atoms with van der Waals surface area (Å²) in [5, 5.41) is 2.65. The fourth-order valence-corrected chi connectivity index (χ4v) is 3.63. The van der Waals surface area contributed by atoms with Crippen molar-refractivity contribution in [3.05, 3.63) is 100 Å². The van der Waals surface area contributed by atoms with Gasteiger partial charge in [-0.2, -0.15) is 0 Å². The summed E-state index contributed by atoms with van der Waals surface area (Å²) in [5.41, 5.74) is 5.08. The van der Waals surface area contributed by atoms with Crippen LogP contribution in [0.5, 0.6) is 0 Å². The lowest BCUT2D eigenvalue weighted by atomic mass is 10.2. The highest BCUT2D eigenvalue weighted by Gasteiger charge is 2.33. The molecule has 0 saturated carbocycles. The van der Waals surface area contributed by atoms with Gasteiger partial charge in [0.1, 0.15) is 11.5 Å². The van der Waals surface area contributed by atoms with E-state index in [1.54, 1.807) is 18.2 Å². The van der Waals surface area contributed by atoms with Gasteiger partial charge in [0.15, 0.2) is 0 Å². The van der Waals surface area contributed by atoms with Gasteiger partial charge < -0.3 is 9.88 Å². The zero-order valence-electron chi connectivity index (χ0n) is 16.9. The van der Waals surface area contributed by atoms with E-state index in [1.165, 1.54) is 17.7 Å². The molecule has 1 fully saturated rings. The second-order valence-electron chi connectivity index (χ2n) is 7.40. The van der Waals surface area contributed by atoms with Crippen LogP contribution in [0.4, 0.5) is 9.18 Å². The quantitative estimate of drug-likeness (QED) is 0.508. The molecule has 3 amide bonds. The number of nitrogens with zero attached hydrogens (tertiary/aromatic N) is 2. The number of aromatic nitrogens is 1. The number of aryl methyl sites for hydroxylation is 1. The average molecular weight is 403 g/mol. The molecule has 0 radical (unpaired) electrons. The molecule has 1 aromatic heterocycles. The van der Waals surface area contributed by atoms with E-state index in [2.05, 4.69) is 22.0 Å². The molecule has 2 heterocycles. The summed E-state index contributed by atoms with van der Waals surface area (Å²) in [7, 11) is 0. The molecule has 1 aliphatic heterocycles. The minimum atomic E-state index is -0.478. The monoisotopic (exact) mass is 403 g/mol. The first-order chi connectivity index (χ1) is 14.4. The molecule has 152 valence electrons. The Morgan fingerprint density at radius 3 is 2.30 bits per heavy atom. The van der Waals surface area contributed by atoms with E-state index >= 15 is 0 Å². The number of urea groups is 1. The minimum Gasteiger partial charge on any atom is -0.344 e. The average Bonchev–Trinajstić information content (AvgIpc) is 3.15. The molecule has 4 rings (SSSR count). The van der Waals surface area contributed by atoms with Gasteiger partial charge in [0.2, 0.25) is 0 Å². The normalized spacial score (nSPS) is 15.2. The summed E-state index contributed by atoms with van der Waals surface area (Å²) in [4.78, 5) is 26.2. The Labute approximate surface area is 174 Å². The first-order valence-corrected chi connectivity index (χ1v) is 9.72. The van der Waals surface area contributed by atoms with Crippen molar-refractivity contribution >= 4 is 18.0 Å². The van der Waals surface area contributed by atoms with E-state index in [9.17, 15) is 14.0 Å². The summed E-state index contributed by atoms with van der Waals surface area (Å²) in [6.07, 6.45) is 1.72. The Morgan fingerprint density at radius 1 is 0.933 bits per heavy atom. The Hall–Kier alpha value is -3.67. The van der Waals surface area contributed by atoms with Gasteiger partial charge in [-0.25, -0.2) is 9.18 Å². The Bertz CT molecular complexity index is 1130. The van der Waals surface area contributed by atoms with Gasteiger partial charge in [0, 0.05) is 17.9 Å². The van der Waals surface area contributed by atoms with Crippen molar-refractivity contribution < 1.29 is 14.0 Å². The van der Waals surface area contributed by atoms with E-state index in [-0.39, 0.29) is 18.1 Å². The topological polar surface area (TPSA) is 54.3 Å². The summed E-state index contributed by atoms with van der Waals surface area (Å²) in [6.45, 7) is 4.85. The number of carbonyl (C=O) groups excluding carboxylic acids is 2. The number of nitrogens with one attached hydrogen (secondary N) is 1. The van der Waals surface area contributed by atoms with Gasteiger partial charge in [-0.05, 0) is 54.8 Å². The molecule has 1 N–H and O–H groups in total. The maximum Gasteiger partial charge on any atom is 0.329 e. The van der Waals surface area contributed by atoms with Crippen LogP contribution in [0.1, 0.15) is 28.1 Å². The van der Waals surface area contributed by atoms with Crippen LogP contribution in [0, 0.1) is 19.7 Å². The van der Waals surface area contributed by atoms with Crippen molar-refractivity contribution in [2.24, 2.45) is 0 Å². The molecular formula is C24H22FN3O2. The highest BCUT2D eigenvalue weighted by atomic mass is 19.1. The number of hydrogen-bond acceptors (Lipinski definition) is 2. The van der Waals surface area contributed by atoms with Crippen LogP contribution in [0.15, 0.2) is 66.4 Å². The fourth-order valence-electron chi connectivity index (χ4n) is 3.63. The van der Waals surface area contributed by atoms with Crippen molar-refractivity contribution in [1.82, 2.24) is 14.8 Å². The lowest BCUT2D eigenvalue weighted by molar-refractivity contribution is -0.123. The molecule has 1 aliphatic rings. The van der Waals surface area contributed by atoms with Crippen LogP contribution in [0.25, 0.3) is 6.08 Å². The van der Waals surface area contributed by atoms with Gasteiger partial charge >= 0.3 is 6.03 Å². The highest BCUT2D eigenvalue weighted by Crippen LogP contribution is 2.22. The van der Waals surface area contributed by atoms with Crippen LogP contribution in [-0.4, -0.2) is 21.4 Å². The van der Waals surface area contributed by atoms with Crippen LogP contribution < -0.4 is 5.32 Å². The van der Waals surface area contributed by atoms with Crippen LogP contribution in [-0.2, 0) is 17.9 Å². The molecule has 3 aromatic rings. The van der Waals surface area contributed by atoms with Gasteiger partial charge in [-0.1, -0.05) is 42.5 Å². The van der Waals surface area contributed by atoms with Gasteiger partial charge in [0.05, 0.1) is 6.54 Å². The molecule has 0 spiro atoms. The van der Waals surface area contributed by atoms with E-state index in [0.717, 1.165) is 28.4 Å². The second kappa shape index (κ2) is 7.99. The molecule has 2 aromatic carbocycles. The van der Waals surface area contributed by atoms with Crippen LogP contribution in [0.2, 0.25) is 0 Å². The maximum absolute atomic E-state index is 13.1. The molecule has 0 atom stereocenters. The van der Waals surface area contributed by atoms with Crippen LogP contribution in [0.3, 0.4) is 0 Å². The van der Waals surface area contributed by atoms with Crippen molar-refractivity contribution in [2.75, 3.05) is 0 Å². The molecule has 0 unspecified atom stereocenters. The zero-order valence-corrected chi connectivity index (χ0v) is 16.9. The van der Waals surface area contributed by atoms with Crippen molar-refractivity contribution in [2.45, 2.75) is 26.9 Å². The summed E-state index contributed by atoms with van der Waals surface area (Å²) < 4.78 is 15.3. The number of hydrogen-bond donors (Lipinski definition) is 1. The van der Waals surface area contributed by atoms with E-state index in [0.29, 0.717) is 5.56 Å². The molecule has 30 heavy (non-hydrogen) atoms.